The van der Waals surface area contributed by atoms with Crippen molar-refractivity contribution in [3.63, 3.8) is 0 Å². The Hall–Kier alpha value is -4.20. The number of pyridine rings is 1. The van der Waals surface area contributed by atoms with Gasteiger partial charge >= 0.3 is 0 Å². The smallest absolute Gasteiger partial charge is 0.226 e. The van der Waals surface area contributed by atoms with Gasteiger partial charge in [0.2, 0.25) is 17.7 Å². The summed E-state index contributed by atoms with van der Waals surface area (Å²) in [4.78, 5) is 41.8. The average Bonchev–Trinajstić information content (AvgIpc) is 3.06. The van der Waals surface area contributed by atoms with Crippen molar-refractivity contribution < 1.29 is 19.1 Å². The van der Waals surface area contributed by atoms with Crippen LogP contribution in [0.3, 0.4) is 0 Å². The molecule has 4 aliphatic rings. The number of nitrogens with zero attached hydrogens (tertiary/aromatic N) is 1. The molecule has 248 valence electrons. The molecule has 3 aromatic rings. The van der Waals surface area contributed by atoms with E-state index in [2.05, 4.69) is 27.9 Å². The highest BCUT2D eigenvalue weighted by atomic mass is 16.5. The van der Waals surface area contributed by atoms with Crippen LogP contribution in [0.15, 0.2) is 72.9 Å². The Kier molecular flexibility index (Phi) is 10.5. The second-order valence-corrected chi connectivity index (χ2v) is 14.1. The molecule has 7 rings (SSSR count). The second kappa shape index (κ2) is 15.1. The number of rotatable bonds is 15. The maximum Gasteiger partial charge on any atom is 0.226 e. The van der Waals surface area contributed by atoms with Gasteiger partial charge in [-0.3, -0.25) is 19.4 Å². The number of carbonyl (C=O) groups excluding carboxylic acids is 3. The van der Waals surface area contributed by atoms with Crippen molar-refractivity contribution in [1.29, 1.82) is 0 Å². The van der Waals surface area contributed by atoms with Gasteiger partial charge in [-0.15, -0.1) is 0 Å². The molecule has 0 saturated heterocycles. The third-order valence-corrected chi connectivity index (χ3v) is 10.6. The fourth-order valence-corrected chi connectivity index (χ4v) is 8.50. The van der Waals surface area contributed by atoms with Crippen molar-refractivity contribution in [1.82, 2.24) is 20.9 Å². The Morgan fingerprint density at radius 3 is 2.13 bits per heavy atom. The molecule has 3 amide bonds. The molecule has 2 aromatic carbocycles. The van der Waals surface area contributed by atoms with Crippen LogP contribution in [0.1, 0.15) is 76.0 Å². The number of carbonyl (C=O) groups is 3. The first-order chi connectivity index (χ1) is 22.8. The molecule has 3 N–H and O–H groups in total. The van der Waals surface area contributed by atoms with Gasteiger partial charge in [-0.25, -0.2) is 0 Å². The molecular weight excluding hydrogens is 588 g/mol. The number of amides is 3. The molecule has 1 atom stereocenters. The first kappa shape index (κ1) is 32.7. The van der Waals surface area contributed by atoms with E-state index < -0.39 is 0 Å². The van der Waals surface area contributed by atoms with Crippen molar-refractivity contribution in [2.45, 2.75) is 83.7 Å². The molecule has 0 radical (unpaired) electrons. The van der Waals surface area contributed by atoms with Gasteiger partial charge in [0.1, 0.15) is 12.4 Å². The van der Waals surface area contributed by atoms with Gasteiger partial charge in [0.15, 0.2) is 0 Å². The predicted molar refractivity (Wildman–Crippen MR) is 182 cm³/mol. The lowest BCUT2D eigenvalue weighted by molar-refractivity contribution is -0.126. The first-order valence-corrected chi connectivity index (χ1v) is 17.4. The Morgan fingerprint density at radius 2 is 1.47 bits per heavy atom. The molecule has 4 aliphatic carbocycles. The van der Waals surface area contributed by atoms with Crippen LogP contribution in [0.5, 0.6) is 5.75 Å². The van der Waals surface area contributed by atoms with E-state index in [1.54, 1.807) is 6.20 Å². The molecule has 1 unspecified atom stereocenters. The molecule has 4 fully saturated rings. The molecule has 47 heavy (non-hydrogen) atoms. The third kappa shape index (κ3) is 8.79. The summed E-state index contributed by atoms with van der Waals surface area (Å²) in [5.41, 5.74) is 4.02. The monoisotopic (exact) mass is 636 g/mol. The number of hydrogen-bond donors (Lipinski definition) is 3. The fraction of sp³-hybridized carbons (Fsp3) is 0.487. The number of aromatic nitrogens is 1. The molecule has 4 bridgehead atoms. The Balaban J connectivity index is 0.839. The summed E-state index contributed by atoms with van der Waals surface area (Å²) >= 11 is 0. The minimum Gasteiger partial charge on any atom is -0.492 e. The van der Waals surface area contributed by atoms with Crippen LogP contribution in [-0.4, -0.2) is 41.9 Å². The van der Waals surface area contributed by atoms with Crippen molar-refractivity contribution in [3.05, 3.63) is 84.2 Å². The summed E-state index contributed by atoms with van der Waals surface area (Å²) in [6.07, 6.45) is 11.3. The van der Waals surface area contributed by atoms with E-state index in [0.29, 0.717) is 55.8 Å². The van der Waals surface area contributed by atoms with Crippen LogP contribution in [0.2, 0.25) is 0 Å². The number of benzene rings is 2. The van der Waals surface area contributed by atoms with E-state index in [1.807, 2.05) is 66.7 Å². The van der Waals surface area contributed by atoms with E-state index in [-0.39, 0.29) is 30.2 Å². The largest absolute Gasteiger partial charge is 0.492 e. The maximum atomic E-state index is 12.7. The summed E-state index contributed by atoms with van der Waals surface area (Å²) in [6, 6.07) is 21.6. The van der Waals surface area contributed by atoms with Gasteiger partial charge in [-0.2, -0.15) is 0 Å². The minimum atomic E-state index is -0.0636. The van der Waals surface area contributed by atoms with Crippen molar-refractivity contribution in [3.8, 4) is 16.9 Å². The quantitative estimate of drug-likeness (QED) is 0.178. The number of ether oxygens (including phenoxy) is 1. The zero-order chi connectivity index (χ0) is 32.6. The lowest BCUT2D eigenvalue weighted by Gasteiger charge is -2.59. The molecule has 8 nitrogen and oxygen atoms in total. The third-order valence-electron chi connectivity index (χ3n) is 10.6. The second-order valence-electron chi connectivity index (χ2n) is 14.1. The van der Waals surface area contributed by atoms with Crippen LogP contribution in [-0.2, 0) is 27.3 Å². The summed E-state index contributed by atoms with van der Waals surface area (Å²) in [6.45, 7) is 3.47. The zero-order valence-corrected chi connectivity index (χ0v) is 27.5. The highest BCUT2D eigenvalue weighted by molar-refractivity contribution is 5.79. The number of nitrogens with one attached hydrogen (secondary N) is 3. The topological polar surface area (TPSA) is 109 Å². The van der Waals surface area contributed by atoms with Gasteiger partial charge in [-0.1, -0.05) is 48.5 Å². The van der Waals surface area contributed by atoms with Crippen molar-refractivity contribution in [2.24, 2.45) is 23.2 Å². The van der Waals surface area contributed by atoms with Crippen molar-refractivity contribution in [2.75, 3.05) is 13.2 Å². The number of hydrogen-bond acceptors (Lipinski definition) is 5. The lowest BCUT2D eigenvalue weighted by atomic mass is 9.48. The average molecular weight is 637 g/mol. The highest BCUT2D eigenvalue weighted by Crippen LogP contribution is 2.61. The maximum absolute atomic E-state index is 12.7. The predicted octanol–water partition coefficient (Wildman–Crippen LogP) is 5.99. The molecular formula is C39H48N4O4. The Morgan fingerprint density at radius 1 is 0.809 bits per heavy atom. The van der Waals surface area contributed by atoms with Crippen LogP contribution in [0.25, 0.3) is 11.1 Å². The molecule has 1 aromatic heterocycles. The first-order valence-electron chi connectivity index (χ1n) is 17.4. The van der Waals surface area contributed by atoms with Crippen LogP contribution >= 0.6 is 0 Å². The summed E-state index contributed by atoms with van der Waals surface area (Å²) in [5.74, 6) is 3.27. The van der Waals surface area contributed by atoms with Crippen LogP contribution < -0.4 is 20.7 Å². The van der Waals surface area contributed by atoms with Gasteiger partial charge in [0.25, 0.3) is 0 Å². The van der Waals surface area contributed by atoms with Crippen molar-refractivity contribution >= 4 is 17.7 Å². The highest BCUT2D eigenvalue weighted by Gasteiger charge is 2.53. The normalized spacial score (nSPS) is 23.1. The SMILES string of the molecule is CC(NC(=O)CCCC(=O)NCCOc1ccc(-c2ccc(CC(=O)NCc3ccccc3)nc2)cc1)C12CC3CC(CC(C3)C1)C2. The molecule has 4 saturated carbocycles. The van der Waals surface area contributed by atoms with E-state index in [0.717, 1.165) is 34.4 Å². The molecule has 8 heteroatoms. The lowest BCUT2D eigenvalue weighted by Crippen LogP contribution is -2.55. The van der Waals surface area contributed by atoms with Gasteiger partial charge < -0.3 is 20.7 Å². The van der Waals surface area contributed by atoms with Gasteiger partial charge in [-0.05, 0) is 104 Å². The molecule has 0 spiro atoms. The zero-order valence-electron chi connectivity index (χ0n) is 27.5. The van der Waals surface area contributed by atoms with Crippen LogP contribution in [0.4, 0.5) is 0 Å². The summed E-state index contributed by atoms with van der Waals surface area (Å²) < 4.78 is 5.81. The minimum absolute atomic E-state index is 0.0597. The molecule has 0 aliphatic heterocycles. The van der Waals surface area contributed by atoms with Gasteiger partial charge in [0, 0.05) is 42.9 Å². The van der Waals surface area contributed by atoms with E-state index in [1.165, 1.54) is 38.5 Å². The molecule has 1 heterocycles. The summed E-state index contributed by atoms with van der Waals surface area (Å²) in [7, 11) is 0. The van der Waals surface area contributed by atoms with E-state index >= 15 is 0 Å². The van der Waals surface area contributed by atoms with E-state index in [9.17, 15) is 14.4 Å². The standard InChI is InChI=1S/C39H48N4O4/c1-27(39-22-29-18-30(23-39)20-31(19-29)24-39)43-37(45)9-5-8-36(44)40-16-17-47-35-14-11-32(12-15-35)33-10-13-34(41-26-33)21-38(46)42-25-28-6-3-2-4-7-28/h2-4,6-7,10-15,26-27,29-31H,5,8-9,16-25H2,1H3,(H,40,44)(H,42,46)(H,43,45). The van der Waals surface area contributed by atoms with Gasteiger partial charge in [0.05, 0.1) is 13.0 Å². The van der Waals surface area contributed by atoms with E-state index in [4.69, 9.17) is 4.74 Å². The Bertz CT molecular complexity index is 1470. The fourth-order valence-electron chi connectivity index (χ4n) is 8.50. The Labute approximate surface area is 278 Å². The van der Waals surface area contributed by atoms with Crippen LogP contribution in [0, 0.1) is 23.2 Å². The summed E-state index contributed by atoms with van der Waals surface area (Å²) in [5, 5.41) is 9.13.